The van der Waals surface area contributed by atoms with E-state index in [9.17, 15) is 0 Å². The fraction of sp³-hybridized carbons (Fsp3) is 0.625. The van der Waals surface area contributed by atoms with Crippen molar-refractivity contribution in [2.75, 3.05) is 26.8 Å². The van der Waals surface area contributed by atoms with Crippen LogP contribution in [0.5, 0.6) is 0 Å². The van der Waals surface area contributed by atoms with Gasteiger partial charge in [-0.25, -0.2) is 0 Å². The molecule has 0 aromatic heterocycles. The number of hydrogen-bond acceptors (Lipinski definition) is 2. The standard InChI is InChI=1S/C16H25Cl2NO/c1-12(2)16(3,11-19-7-8-20-4)10-13-5-6-14(17)15(18)9-13/h5-6,9,12,19H,7-8,10-11H2,1-4H3. The van der Waals surface area contributed by atoms with Crippen LogP contribution in [0.15, 0.2) is 18.2 Å². The van der Waals surface area contributed by atoms with Gasteiger partial charge in [0.25, 0.3) is 0 Å². The summed E-state index contributed by atoms with van der Waals surface area (Å²) in [5.41, 5.74) is 1.40. The average Bonchev–Trinajstić information content (AvgIpc) is 2.39. The molecule has 1 atom stereocenters. The van der Waals surface area contributed by atoms with E-state index in [0.717, 1.165) is 26.1 Å². The quantitative estimate of drug-likeness (QED) is 0.716. The van der Waals surface area contributed by atoms with Gasteiger partial charge in [0.05, 0.1) is 16.7 Å². The Kier molecular flexibility index (Phi) is 7.32. The lowest BCUT2D eigenvalue weighted by Crippen LogP contribution is -2.39. The fourth-order valence-electron chi connectivity index (χ4n) is 2.13. The highest BCUT2D eigenvalue weighted by Gasteiger charge is 2.28. The molecule has 1 rings (SSSR count). The summed E-state index contributed by atoms with van der Waals surface area (Å²) in [6.07, 6.45) is 0.974. The van der Waals surface area contributed by atoms with Crippen LogP contribution in [0.1, 0.15) is 26.3 Å². The molecular formula is C16H25Cl2NO. The monoisotopic (exact) mass is 317 g/mol. The van der Waals surface area contributed by atoms with E-state index in [1.807, 2.05) is 12.1 Å². The lowest BCUT2D eigenvalue weighted by Gasteiger charge is -2.34. The summed E-state index contributed by atoms with van der Waals surface area (Å²) in [5, 5.41) is 4.71. The highest BCUT2D eigenvalue weighted by atomic mass is 35.5. The van der Waals surface area contributed by atoms with Crippen molar-refractivity contribution in [1.29, 1.82) is 0 Å². The molecule has 0 fully saturated rings. The molecule has 0 bridgehead atoms. The first-order valence-electron chi connectivity index (χ1n) is 7.02. The maximum atomic E-state index is 6.10. The maximum Gasteiger partial charge on any atom is 0.0595 e. The Bertz CT molecular complexity index is 423. The molecule has 0 aliphatic rings. The van der Waals surface area contributed by atoms with Gasteiger partial charge in [0.2, 0.25) is 0 Å². The van der Waals surface area contributed by atoms with Crippen LogP contribution in [0.2, 0.25) is 10.0 Å². The Morgan fingerprint density at radius 3 is 2.50 bits per heavy atom. The topological polar surface area (TPSA) is 21.3 Å². The first-order valence-corrected chi connectivity index (χ1v) is 7.78. The van der Waals surface area contributed by atoms with Gasteiger partial charge in [-0.1, -0.05) is 50.0 Å². The van der Waals surface area contributed by atoms with Crippen LogP contribution in [-0.4, -0.2) is 26.8 Å². The van der Waals surface area contributed by atoms with E-state index in [4.69, 9.17) is 27.9 Å². The maximum absolute atomic E-state index is 6.10. The van der Waals surface area contributed by atoms with Crippen molar-refractivity contribution in [3.63, 3.8) is 0 Å². The normalized spacial score (nSPS) is 14.6. The highest BCUT2D eigenvalue weighted by molar-refractivity contribution is 6.42. The predicted octanol–water partition coefficient (Wildman–Crippen LogP) is 4.43. The minimum Gasteiger partial charge on any atom is -0.383 e. The van der Waals surface area contributed by atoms with Crippen LogP contribution >= 0.6 is 23.2 Å². The molecule has 4 heteroatoms. The minimum atomic E-state index is 0.172. The molecule has 2 nitrogen and oxygen atoms in total. The predicted molar refractivity (Wildman–Crippen MR) is 87.9 cm³/mol. The molecule has 0 amide bonds. The highest BCUT2D eigenvalue weighted by Crippen LogP contribution is 2.32. The Morgan fingerprint density at radius 1 is 1.25 bits per heavy atom. The van der Waals surface area contributed by atoms with Gasteiger partial charge in [0.15, 0.2) is 0 Å². The van der Waals surface area contributed by atoms with Crippen molar-refractivity contribution in [1.82, 2.24) is 5.32 Å². The number of ether oxygens (including phenoxy) is 1. The van der Waals surface area contributed by atoms with Crippen LogP contribution in [0.4, 0.5) is 0 Å². The molecule has 1 aromatic rings. The molecule has 0 saturated carbocycles. The molecule has 0 aliphatic heterocycles. The van der Waals surface area contributed by atoms with E-state index >= 15 is 0 Å². The zero-order chi connectivity index (χ0) is 15.2. The first-order chi connectivity index (χ1) is 9.39. The molecule has 0 aliphatic carbocycles. The number of hydrogen-bond donors (Lipinski definition) is 1. The Labute approximate surface area is 132 Å². The molecule has 0 saturated heterocycles. The molecule has 0 spiro atoms. The SMILES string of the molecule is COCCNCC(C)(Cc1ccc(Cl)c(Cl)c1)C(C)C. The van der Waals surface area contributed by atoms with Crippen molar-refractivity contribution >= 4 is 23.2 Å². The Morgan fingerprint density at radius 2 is 1.95 bits per heavy atom. The number of halogens is 2. The summed E-state index contributed by atoms with van der Waals surface area (Å²) in [5.74, 6) is 0.562. The van der Waals surface area contributed by atoms with Gasteiger partial charge in [-0.15, -0.1) is 0 Å². The molecule has 114 valence electrons. The van der Waals surface area contributed by atoms with Crippen molar-refractivity contribution in [3.05, 3.63) is 33.8 Å². The third kappa shape index (κ3) is 5.25. The van der Waals surface area contributed by atoms with Gasteiger partial charge in [-0.2, -0.15) is 0 Å². The smallest absolute Gasteiger partial charge is 0.0595 e. The number of nitrogens with one attached hydrogen (secondary N) is 1. The first kappa shape index (κ1) is 17.8. The van der Waals surface area contributed by atoms with Crippen LogP contribution in [0.25, 0.3) is 0 Å². The number of benzene rings is 1. The lowest BCUT2D eigenvalue weighted by atomic mass is 9.74. The van der Waals surface area contributed by atoms with Crippen LogP contribution < -0.4 is 5.32 Å². The summed E-state index contributed by atoms with van der Waals surface area (Å²) in [6.45, 7) is 9.39. The fourth-order valence-corrected chi connectivity index (χ4v) is 2.46. The van der Waals surface area contributed by atoms with Gasteiger partial charge in [0.1, 0.15) is 0 Å². The second kappa shape index (κ2) is 8.23. The molecule has 20 heavy (non-hydrogen) atoms. The van der Waals surface area contributed by atoms with E-state index in [-0.39, 0.29) is 5.41 Å². The second-order valence-electron chi connectivity index (χ2n) is 5.90. The third-order valence-corrected chi connectivity index (χ3v) is 4.74. The summed E-state index contributed by atoms with van der Waals surface area (Å²) < 4.78 is 5.07. The van der Waals surface area contributed by atoms with E-state index in [2.05, 4.69) is 32.2 Å². The van der Waals surface area contributed by atoms with Crippen LogP contribution in [-0.2, 0) is 11.2 Å². The van der Waals surface area contributed by atoms with Gasteiger partial charge in [-0.05, 0) is 35.4 Å². The van der Waals surface area contributed by atoms with Gasteiger partial charge in [0, 0.05) is 20.2 Å². The van der Waals surface area contributed by atoms with Crippen LogP contribution in [0, 0.1) is 11.3 Å². The van der Waals surface area contributed by atoms with E-state index in [0.29, 0.717) is 16.0 Å². The Hall–Kier alpha value is -0.280. The third-order valence-electron chi connectivity index (χ3n) is 4.00. The Balaban J connectivity index is 2.72. The van der Waals surface area contributed by atoms with Crippen LogP contribution in [0.3, 0.4) is 0 Å². The molecule has 1 N–H and O–H groups in total. The summed E-state index contributed by atoms with van der Waals surface area (Å²) >= 11 is 12.1. The van der Waals surface area contributed by atoms with E-state index in [1.54, 1.807) is 7.11 Å². The summed E-state index contributed by atoms with van der Waals surface area (Å²) in [4.78, 5) is 0. The van der Waals surface area contributed by atoms with E-state index in [1.165, 1.54) is 5.56 Å². The van der Waals surface area contributed by atoms with E-state index < -0.39 is 0 Å². The number of methoxy groups -OCH3 is 1. The zero-order valence-corrected chi connectivity index (χ0v) is 14.3. The molecule has 1 unspecified atom stereocenters. The van der Waals surface area contributed by atoms with Crippen molar-refractivity contribution in [2.45, 2.75) is 27.2 Å². The van der Waals surface area contributed by atoms with Gasteiger partial charge in [-0.3, -0.25) is 0 Å². The van der Waals surface area contributed by atoms with Crippen molar-refractivity contribution in [3.8, 4) is 0 Å². The number of rotatable bonds is 8. The average molecular weight is 318 g/mol. The summed E-state index contributed by atoms with van der Waals surface area (Å²) in [7, 11) is 1.72. The van der Waals surface area contributed by atoms with Crippen molar-refractivity contribution < 1.29 is 4.74 Å². The lowest BCUT2D eigenvalue weighted by molar-refractivity contribution is 0.175. The second-order valence-corrected chi connectivity index (χ2v) is 6.72. The zero-order valence-electron chi connectivity index (χ0n) is 12.8. The largest absolute Gasteiger partial charge is 0.383 e. The van der Waals surface area contributed by atoms with Crippen molar-refractivity contribution in [2.24, 2.45) is 11.3 Å². The van der Waals surface area contributed by atoms with Gasteiger partial charge >= 0.3 is 0 Å². The molecule has 0 heterocycles. The summed E-state index contributed by atoms with van der Waals surface area (Å²) in [6, 6.07) is 5.90. The molecule has 1 aromatic carbocycles. The molecule has 0 radical (unpaired) electrons. The minimum absolute atomic E-state index is 0.172. The van der Waals surface area contributed by atoms with Gasteiger partial charge < -0.3 is 10.1 Å². The molecular weight excluding hydrogens is 293 g/mol.